The number of carbonyl (C=O) groups is 1. The molecule has 2 aliphatic rings. The van der Waals surface area contributed by atoms with Crippen LogP contribution in [0.1, 0.15) is 18.2 Å². The summed E-state index contributed by atoms with van der Waals surface area (Å²) in [5.74, 6) is -4.53. The van der Waals surface area contributed by atoms with Crippen molar-refractivity contribution in [2.45, 2.75) is 20.0 Å². The molecule has 2 aromatic heterocycles. The van der Waals surface area contributed by atoms with Crippen LogP contribution >= 0.6 is 9.39 Å². The number of phenolic OH excluding ortho intramolecular Hbond substituents is 2. The molecule has 12 heteroatoms. The Morgan fingerprint density at radius 1 is 1.12 bits per heavy atom. The number of rotatable bonds is 4. The summed E-state index contributed by atoms with van der Waals surface area (Å²) >= 11 is 0. The summed E-state index contributed by atoms with van der Waals surface area (Å²) in [4.78, 5) is 22.5. The lowest BCUT2D eigenvalue weighted by atomic mass is 10.1. The van der Waals surface area contributed by atoms with E-state index in [-0.39, 0.29) is 13.1 Å². The average molecular weight is 491 g/mol. The number of phenols is 2. The molecule has 0 spiro atoms. The summed E-state index contributed by atoms with van der Waals surface area (Å²) in [6.07, 6.45) is 1.58. The van der Waals surface area contributed by atoms with Gasteiger partial charge in [-0.05, 0) is 22.4 Å². The first-order valence-corrected chi connectivity index (χ1v) is 11.4. The Balaban J connectivity index is 1.60. The van der Waals surface area contributed by atoms with Crippen LogP contribution in [0.4, 0.5) is 25.0 Å². The van der Waals surface area contributed by atoms with Gasteiger partial charge in [0.1, 0.15) is 11.3 Å². The Kier molecular flexibility index (Phi) is 5.79. The van der Waals surface area contributed by atoms with Crippen LogP contribution in [-0.4, -0.2) is 63.3 Å². The van der Waals surface area contributed by atoms with E-state index in [0.717, 1.165) is 29.1 Å². The molecule has 9 nitrogen and oxygen atoms in total. The van der Waals surface area contributed by atoms with Gasteiger partial charge in [0.25, 0.3) is 0 Å². The smallest absolute Gasteiger partial charge is 0.329 e. The molecular weight excluding hydrogens is 467 g/mol. The van der Waals surface area contributed by atoms with Gasteiger partial charge in [-0.1, -0.05) is 0 Å². The molecule has 180 valence electrons. The number of nitrogens with zero attached hydrogens (tertiary/aromatic N) is 5. The largest absolute Gasteiger partial charge is 0.505 e. The molecule has 0 radical (unpaired) electrons. The molecule has 1 atom stereocenters. The highest BCUT2D eigenvalue weighted by Crippen LogP contribution is 2.42. The summed E-state index contributed by atoms with van der Waals surface area (Å²) in [5.41, 5.74) is 2.07. The number of benzene rings is 1. The van der Waals surface area contributed by atoms with Crippen LogP contribution in [0, 0.1) is 11.6 Å². The maximum Gasteiger partial charge on any atom is 0.329 e. The van der Waals surface area contributed by atoms with Crippen LogP contribution in [0.2, 0.25) is 0 Å². The molecule has 2 amide bonds. The molecule has 0 aliphatic carbocycles. The van der Waals surface area contributed by atoms with Crippen LogP contribution in [0.15, 0.2) is 18.3 Å². The van der Waals surface area contributed by atoms with Crippen LogP contribution in [0.3, 0.4) is 0 Å². The van der Waals surface area contributed by atoms with Crippen molar-refractivity contribution in [2.24, 2.45) is 0 Å². The van der Waals surface area contributed by atoms with Crippen molar-refractivity contribution < 1.29 is 28.5 Å². The highest BCUT2D eigenvalue weighted by molar-refractivity contribution is 7.15. The third kappa shape index (κ3) is 3.55. The molecule has 1 fully saturated rings. The van der Waals surface area contributed by atoms with E-state index in [4.69, 9.17) is 4.74 Å². The fourth-order valence-electron chi connectivity index (χ4n) is 4.57. The van der Waals surface area contributed by atoms with Gasteiger partial charge in [0.2, 0.25) is 0 Å². The summed E-state index contributed by atoms with van der Waals surface area (Å²) in [7, 11) is 2.66. The van der Waals surface area contributed by atoms with Crippen LogP contribution in [0.5, 0.6) is 11.5 Å². The number of pyridine rings is 1. The second kappa shape index (κ2) is 8.65. The first-order valence-electron chi connectivity index (χ1n) is 10.9. The Morgan fingerprint density at radius 3 is 2.44 bits per heavy atom. The van der Waals surface area contributed by atoms with Crippen molar-refractivity contribution in [3.63, 3.8) is 0 Å². The Labute approximate surface area is 196 Å². The lowest BCUT2D eigenvalue weighted by molar-refractivity contribution is 0.0336. The molecular formula is C22H24F2N5O4P. The molecule has 0 saturated carbocycles. The average Bonchev–Trinajstić information content (AvgIpc) is 3.14. The van der Waals surface area contributed by atoms with Crippen molar-refractivity contribution >= 4 is 37.8 Å². The molecule has 5 rings (SSSR count). The van der Waals surface area contributed by atoms with Crippen molar-refractivity contribution in [3.05, 3.63) is 41.2 Å². The predicted molar refractivity (Wildman–Crippen MR) is 125 cm³/mol. The fourth-order valence-corrected chi connectivity index (χ4v) is 4.93. The van der Waals surface area contributed by atoms with Gasteiger partial charge in [0.05, 0.1) is 25.4 Å². The van der Waals surface area contributed by atoms with Crippen molar-refractivity contribution in [1.29, 1.82) is 0 Å². The van der Waals surface area contributed by atoms with Crippen molar-refractivity contribution in [2.75, 3.05) is 42.6 Å². The number of aromatic nitrogens is 2. The lowest BCUT2D eigenvalue weighted by Crippen LogP contribution is -2.48. The summed E-state index contributed by atoms with van der Waals surface area (Å²) in [6.45, 7) is 5.49. The van der Waals surface area contributed by atoms with Gasteiger partial charge >= 0.3 is 6.03 Å². The standard InChI is InChI=1S/C22H24F2N5O4P/c1-2-27-19-12(10-28(22(27)32)20-17(23)15(30)8-16(31)18(20)24)9-25-21-14(19)7-13(29(21)34)11-26-3-5-33-6-4-26/h7-9,30-31H,2-6,10-11,34H2,1H3. The quantitative estimate of drug-likeness (QED) is 0.545. The minimum Gasteiger partial charge on any atom is -0.505 e. The number of amides is 2. The van der Waals surface area contributed by atoms with E-state index in [0.29, 0.717) is 42.7 Å². The van der Waals surface area contributed by atoms with Gasteiger partial charge < -0.3 is 19.3 Å². The number of hydrogen-bond donors (Lipinski definition) is 2. The van der Waals surface area contributed by atoms with E-state index >= 15 is 0 Å². The number of aromatic hydroxyl groups is 2. The maximum atomic E-state index is 14.7. The zero-order chi connectivity index (χ0) is 24.1. The topological polar surface area (TPSA) is 94.3 Å². The van der Waals surface area contributed by atoms with Gasteiger partial charge in [-0.25, -0.2) is 18.6 Å². The normalized spacial score (nSPS) is 17.0. The number of morpholine rings is 1. The lowest BCUT2D eigenvalue weighted by Gasteiger charge is -2.37. The molecule has 2 aliphatic heterocycles. The van der Waals surface area contributed by atoms with E-state index in [1.165, 1.54) is 4.90 Å². The number of halogens is 2. The Bertz CT molecular complexity index is 1270. The minimum absolute atomic E-state index is 0.175. The minimum atomic E-state index is -1.32. The summed E-state index contributed by atoms with van der Waals surface area (Å²) < 4.78 is 36.7. The number of urea groups is 1. The maximum absolute atomic E-state index is 14.7. The van der Waals surface area contributed by atoms with Crippen molar-refractivity contribution in [1.82, 2.24) is 14.2 Å². The molecule has 1 aromatic carbocycles. The van der Waals surface area contributed by atoms with E-state index in [2.05, 4.69) is 19.3 Å². The number of hydrogen-bond acceptors (Lipinski definition) is 6. The van der Waals surface area contributed by atoms with E-state index < -0.39 is 34.9 Å². The molecule has 1 saturated heterocycles. The molecule has 2 N–H and O–H groups in total. The van der Waals surface area contributed by atoms with Gasteiger partial charge in [-0.15, -0.1) is 0 Å². The third-order valence-electron chi connectivity index (χ3n) is 6.27. The number of carbonyl (C=O) groups excluding carboxylic acids is 1. The van der Waals surface area contributed by atoms with E-state index in [1.807, 2.05) is 10.4 Å². The molecule has 1 unspecified atom stereocenters. The molecule has 3 aromatic rings. The van der Waals surface area contributed by atoms with Crippen molar-refractivity contribution in [3.8, 4) is 11.5 Å². The summed E-state index contributed by atoms with van der Waals surface area (Å²) in [6, 6.07) is 1.88. The number of ether oxygens (including phenoxy) is 1. The van der Waals surface area contributed by atoms with Gasteiger partial charge in [-0.3, -0.25) is 14.7 Å². The molecule has 4 heterocycles. The molecule has 0 bridgehead atoms. The van der Waals surface area contributed by atoms with Crippen LogP contribution < -0.4 is 9.80 Å². The molecule has 34 heavy (non-hydrogen) atoms. The monoisotopic (exact) mass is 491 g/mol. The van der Waals surface area contributed by atoms with Crippen LogP contribution in [0.25, 0.3) is 11.0 Å². The fraction of sp³-hybridized carbons (Fsp3) is 0.364. The first-order chi connectivity index (χ1) is 16.3. The highest BCUT2D eigenvalue weighted by atomic mass is 31.0. The Hall–Kier alpha value is -3.01. The second-order valence-electron chi connectivity index (χ2n) is 8.27. The van der Waals surface area contributed by atoms with Gasteiger partial charge in [0.15, 0.2) is 23.1 Å². The Morgan fingerprint density at radius 2 is 1.79 bits per heavy atom. The number of anilines is 2. The summed E-state index contributed by atoms with van der Waals surface area (Å²) in [5, 5.41) is 20.3. The predicted octanol–water partition coefficient (Wildman–Crippen LogP) is 3.16. The van der Waals surface area contributed by atoms with E-state index in [9.17, 15) is 23.8 Å². The van der Waals surface area contributed by atoms with E-state index in [1.54, 1.807) is 13.1 Å². The first kappa shape index (κ1) is 22.8. The number of fused-ring (bicyclic) bond motifs is 3. The zero-order valence-corrected chi connectivity index (χ0v) is 19.6. The van der Waals surface area contributed by atoms with Gasteiger partial charge in [0, 0.05) is 55.1 Å². The third-order valence-corrected chi connectivity index (χ3v) is 6.84. The van der Waals surface area contributed by atoms with Gasteiger partial charge in [-0.2, -0.15) is 0 Å². The van der Waals surface area contributed by atoms with Crippen LogP contribution in [-0.2, 0) is 17.8 Å². The second-order valence-corrected chi connectivity index (χ2v) is 8.78. The SMILES string of the molecule is CCN1C(=O)N(c2c(F)c(O)cc(O)c2F)Cc2cnc3c(cc(CN4CCOCC4)n3P)c21. The highest BCUT2D eigenvalue weighted by Gasteiger charge is 2.37. The zero-order valence-electron chi connectivity index (χ0n) is 18.5.